The lowest BCUT2D eigenvalue weighted by molar-refractivity contribution is -0.139. The van der Waals surface area contributed by atoms with E-state index in [1.54, 1.807) is 11.0 Å². The van der Waals surface area contributed by atoms with Crippen LogP contribution in [0.15, 0.2) is 18.2 Å². The van der Waals surface area contributed by atoms with Crippen LogP contribution in [-0.2, 0) is 19.1 Å². The van der Waals surface area contributed by atoms with Crippen molar-refractivity contribution < 1.29 is 38.2 Å². The zero-order valence-corrected chi connectivity index (χ0v) is 23.6. The lowest BCUT2D eigenvalue weighted by Crippen LogP contribution is -2.54. The number of rotatable bonds is 4. The molecule has 4 heterocycles. The summed E-state index contributed by atoms with van der Waals surface area (Å²) in [6.45, 7) is 7.56. The molecule has 3 saturated heterocycles. The number of fused-ring (bicyclic) bond motifs is 1. The Balaban J connectivity index is 1.12. The van der Waals surface area contributed by atoms with Crippen molar-refractivity contribution in [1.82, 2.24) is 20.0 Å². The van der Waals surface area contributed by atoms with Gasteiger partial charge < -0.3 is 19.3 Å². The molecule has 1 aromatic rings. The molecule has 0 radical (unpaired) electrons. The molecule has 220 valence electrons. The molecule has 1 aromatic carbocycles. The lowest BCUT2D eigenvalue weighted by Gasteiger charge is -2.37. The Morgan fingerprint density at radius 2 is 1.49 bits per heavy atom. The normalized spacial score (nSPS) is 22.5. The highest BCUT2D eigenvalue weighted by atomic mass is 16.6. The Kier molecular flexibility index (Phi) is 7.76. The Bertz CT molecular complexity index is 1270. The van der Waals surface area contributed by atoms with Crippen molar-refractivity contribution >= 4 is 35.6 Å². The fourth-order valence-electron chi connectivity index (χ4n) is 5.80. The van der Waals surface area contributed by atoms with Crippen molar-refractivity contribution in [3.63, 3.8) is 0 Å². The van der Waals surface area contributed by atoms with Gasteiger partial charge in [-0.1, -0.05) is 0 Å². The highest BCUT2D eigenvalue weighted by Crippen LogP contribution is 2.31. The molecule has 4 aliphatic heterocycles. The number of ether oxygens (including phenoxy) is 2. The molecule has 0 aliphatic carbocycles. The van der Waals surface area contributed by atoms with Crippen molar-refractivity contribution in [2.75, 3.05) is 26.2 Å². The first-order valence-electron chi connectivity index (χ1n) is 14.2. The third-order valence-electron chi connectivity index (χ3n) is 7.96. The van der Waals surface area contributed by atoms with Crippen LogP contribution in [0, 0.1) is 5.92 Å². The second kappa shape index (κ2) is 11.1. The minimum absolute atomic E-state index is 0.0602. The fraction of sp³-hybridized carbons (Fsp3) is 0.586. The number of carbonyl (C=O) groups is 6. The maximum absolute atomic E-state index is 13.1. The Morgan fingerprint density at radius 3 is 2.12 bits per heavy atom. The molecule has 1 atom stereocenters. The number of likely N-dealkylation sites (tertiary alicyclic amines) is 2. The third kappa shape index (κ3) is 6.06. The lowest BCUT2D eigenvalue weighted by atomic mass is 9.94. The van der Waals surface area contributed by atoms with Crippen LogP contribution in [0.1, 0.15) is 80.0 Å². The number of piperidine rings is 3. The molecule has 41 heavy (non-hydrogen) atoms. The van der Waals surface area contributed by atoms with Gasteiger partial charge in [0.15, 0.2) is 0 Å². The number of amides is 6. The molecule has 12 heteroatoms. The van der Waals surface area contributed by atoms with E-state index in [1.165, 1.54) is 12.1 Å². The van der Waals surface area contributed by atoms with E-state index in [1.807, 2.05) is 25.7 Å². The summed E-state index contributed by atoms with van der Waals surface area (Å²) in [7, 11) is 0. The van der Waals surface area contributed by atoms with Crippen LogP contribution >= 0.6 is 0 Å². The molecular weight excluding hydrogens is 532 g/mol. The molecule has 0 aromatic heterocycles. The molecule has 0 saturated carbocycles. The van der Waals surface area contributed by atoms with Crippen LogP contribution in [0.3, 0.4) is 0 Å². The summed E-state index contributed by atoms with van der Waals surface area (Å²) in [5.74, 6) is -1.80. The number of imide groups is 2. The van der Waals surface area contributed by atoms with E-state index in [9.17, 15) is 28.8 Å². The Hall–Kier alpha value is -3.96. The number of nitrogens with zero attached hydrogens (tertiary/aromatic N) is 3. The van der Waals surface area contributed by atoms with Gasteiger partial charge in [0.05, 0.1) is 11.1 Å². The topological polar surface area (TPSA) is 143 Å². The van der Waals surface area contributed by atoms with Crippen LogP contribution in [0.5, 0.6) is 5.75 Å². The van der Waals surface area contributed by atoms with Gasteiger partial charge >= 0.3 is 6.09 Å². The van der Waals surface area contributed by atoms with E-state index in [-0.39, 0.29) is 48.0 Å². The minimum Gasteiger partial charge on any atom is -0.490 e. The van der Waals surface area contributed by atoms with Gasteiger partial charge in [-0.05, 0) is 58.2 Å². The second-order valence-corrected chi connectivity index (χ2v) is 12.0. The maximum atomic E-state index is 13.1. The fourth-order valence-corrected chi connectivity index (χ4v) is 5.80. The monoisotopic (exact) mass is 568 g/mol. The van der Waals surface area contributed by atoms with Crippen LogP contribution in [0.25, 0.3) is 0 Å². The van der Waals surface area contributed by atoms with E-state index >= 15 is 0 Å². The predicted octanol–water partition coefficient (Wildman–Crippen LogP) is 2.10. The van der Waals surface area contributed by atoms with Gasteiger partial charge in [0, 0.05) is 51.4 Å². The van der Waals surface area contributed by atoms with Gasteiger partial charge in [-0.25, -0.2) is 4.79 Å². The van der Waals surface area contributed by atoms with Crippen molar-refractivity contribution in [3.8, 4) is 5.75 Å². The molecule has 0 bridgehead atoms. The zero-order valence-electron chi connectivity index (χ0n) is 23.6. The summed E-state index contributed by atoms with van der Waals surface area (Å²) in [5.41, 5.74) is -0.188. The highest BCUT2D eigenvalue weighted by Gasteiger charge is 2.45. The van der Waals surface area contributed by atoms with E-state index in [4.69, 9.17) is 9.47 Å². The van der Waals surface area contributed by atoms with Crippen LogP contribution < -0.4 is 10.1 Å². The first kappa shape index (κ1) is 28.6. The number of hydrogen-bond donors (Lipinski definition) is 1. The zero-order chi connectivity index (χ0) is 29.5. The summed E-state index contributed by atoms with van der Waals surface area (Å²) in [6.07, 6.45) is 2.10. The van der Waals surface area contributed by atoms with Crippen LogP contribution in [0.2, 0.25) is 0 Å². The third-order valence-corrected chi connectivity index (χ3v) is 7.96. The number of carbonyl (C=O) groups excluding carboxylic acids is 6. The average Bonchev–Trinajstić information content (AvgIpc) is 3.17. The Morgan fingerprint density at radius 1 is 0.854 bits per heavy atom. The summed E-state index contributed by atoms with van der Waals surface area (Å²) < 4.78 is 11.6. The van der Waals surface area contributed by atoms with Crippen molar-refractivity contribution in [3.05, 3.63) is 29.3 Å². The summed E-state index contributed by atoms with van der Waals surface area (Å²) in [4.78, 5) is 79.7. The first-order valence-corrected chi connectivity index (χ1v) is 14.2. The number of benzene rings is 1. The van der Waals surface area contributed by atoms with E-state index < -0.39 is 35.3 Å². The van der Waals surface area contributed by atoms with E-state index in [0.717, 1.165) is 4.90 Å². The van der Waals surface area contributed by atoms with Gasteiger partial charge in [0.2, 0.25) is 17.7 Å². The van der Waals surface area contributed by atoms with Crippen molar-refractivity contribution in [2.24, 2.45) is 5.92 Å². The molecule has 3 fully saturated rings. The SMILES string of the molecule is CC(C)(C)OC(=O)N1CCC(C(=O)N2CCC(Oc3ccc4c(c3)C(=O)N(C3CCC(=O)NC3=O)C4=O)CC2)CC1. The van der Waals surface area contributed by atoms with E-state index in [2.05, 4.69) is 5.32 Å². The molecule has 1 N–H and O–H groups in total. The van der Waals surface area contributed by atoms with Gasteiger partial charge in [-0.15, -0.1) is 0 Å². The first-order chi connectivity index (χ1) is 19.4. The standard InChI is InChI=1S/C29H36N4O8/c1-29(2,3)41-28(39)32-12-8-17(9-13-32)25(36)31-14-10-18(11-15-31)40-19-4-5-20-21(16-19)27(38)33(26(20)37)22-6-7-23(34)30-24(22)35/h4-5,16-18,22H,6-15H2,1-3H3,(H,30,34,35). The van der Waals surface area contributed by atoms with Gasteiger partial charge in [-0.3, -0.25) is 34.2 Å². The molecular formula is C29H36N4O8. The summed E-state index contributed by atoms with van der Waals surface area (Å²) in [5, 5.41) is 2.19. The molecule has 4 aliphatic rings. The molecule has 1 unspecified atom stereocenters. The molecule has 0 spiro atoms. The van der Waals surface area contributed by atoms with E-state index in [0.29, 0.717) is 57.6 Å². The average molecular weight is 569 g/mol. The van der Waals surface area contributed by atoms with Gasteiger partial charge in [-0.2, -0.15) is 0 Å². The second-order valence-electron chi connectivity index (χ2n) is 12.0. The smallest absolute Gasteiger partial charge is 0.410 e. The quantitative estimate of drug-likeness (QED) is 0.544. The minimum atomic E-state index is -1.02. The predicted molar refractivity (Wildman–Crippen MR) is 144 cm³/mol. The van der Waals surface area contributed by atoms with Crippen molar-refractivity contribution in [2.45, 2.75) is 77.0 Å². The van der Waals surface area contributed by atoms with Crippen molar-refractivity contribution in [1.29, 1.82) is 0 Å². The summed E-state index contributed by atoms with van der Waals surface area (Å²) in [6, 6.07) is 3.67. The number of hydrogen-bond acceptors (Lipinski definition) is 8. The molecule has 5 rings (SSSR count). The molecule has 6 amide bonds. The summed E-state index contributed by atoms with van der Waals surface area (Å²) >= 11 is 0. The molecule has 12 nitrogen and oxygen atoms in total. The van der Waals surface area contributed by atoms with Crippen LogP contribution in [0.4, 0.5) is 4.79 Å². The van der Waals surface area contributed by atoms with Crippen LogP contribution in [-0.4, -0.2) is 94.3 Å². The maximum Gasteiger partial charge on any atom is 0.410 e. The number of nitrogens with one attached hydrogen (secondary N) is 1. The van der Waals surface area contributed by atoms with Gasteiger partial charge in [0.25, 0.3) is 11.8 Å². The highest BCUT2D eigenvalue weighted by molar-refractivity contribution is 6.23. The van der Waals surface area contributed by atoms with Gasteiger partial charge in [0.1, 0.15) is 23.5 Å². The largest absolute Gasteiger partial charge is 0.490 e. The Labute approximate surface area is 238 Å².